The number of fused-ring (bicyclic) bond motifs is 5. The Morgan fingerprint density at radius 3 is 2.33 bits per heavy atom. The molecule has 0 N–H and O–H groups in total. The van der Waals surface area contributed by atoms with Crippen LogP contribution in [0.4, 0.5) is 0 Å². The largest absolute Gasteiger partial charge is 0.255 e. The first kappa shape index (κ1) is 20.9. The summed E-state index contributed by atoms with van der Waals surface area (Å²) < 4.78 is 2.71. The number of hydrogen-bond donors (Lipinski definition) is 0. The van der Waals surface area contributed by atoms with E-state index in [0.29, 0.717) is 0 Å². The molecular formula is C31H31NS. The lowest BCUT2D eigenvalue weighted by Crippen LogP contribution is -2.34. The van der Waals surface area contributed by atoms with Crippen LogP contribution in [-0.4, -0.2) is 4.98 Å². The molecule has 2 heterocycles. The predicted octanol–water partition coefficient (Wildman–Crippen LogP) is 9.24. The number of rotatable bonds is 1. The summed E-state index contributed by atoms with van der Waals surface area (Å²) in [6.07, 6.45) is 4.49. The highest BCUT2D eigenvalue weighted by Gasteiger charge is 2.39. The number of hydrogen-bond acceptors (Lipinski definition) is 2. The molecule has 1 aliphatic carbocycles. The summed E-state index contributed by atoms with van der Waals surface area (Å²) in [6, 6.07) is 18.0. The topological polar surface area (TPSA) is 12.9 Å². The third-order valence-corrected chi connectivity index (χ3v) is 9.26. The van der Waals surface area contributed by atoms with Gasteiger partial charge in [0.1, 0.15) is 0 Å². The second kappa shape index (κ2) is 6.90. The Labute approximate surface area is 200 Å². The van der Waals surface area contributed by atoms with Crippen molar-refractivity contribution in [3.05, 3.63) is 77.0 Å². The molecular weight excluding hydrogens is 418 g/mol. The SMILES string of the molecule is Cc1ccc(-c2nccc3c2sc2cc4c(c(C)c23)C(C)(C)CCC4(C)C)c2ccccc12. The third-order valence-electron chi connectivity index (χ3n) is 8.11. The van der Waals surface area contributed by atoms with Crippen LogP contribution in [0.3, 0.4) is 0 Å². The summed E-state index contributed by atoms with van der Waals surface area (Å²) in [5.74, 6) is 0. The molecule has 33 heavy (non-hydrogen) atoms. The number of aryl methyl sites for hydroxylation is 2. The lowest BCUT2D eigenvalue weighted by molar-refractivity contribution is 0.331. The maximum Gasteiger partial charge on any atom is 0.0886 e. The van der Waals surface area contributed by atoms with E-state index < -0.39 is 0 Å². The summed E-state index contributed by atoms with van der Waals surface area (Å²) in [5.41, 5.74) is 8.67. The quantitative estimate of drug-likeness (QED) is 0.248. The Morgan fingerprint density at radius 2 is 1.55 bits per heavy atom. The molecule has 0 aliphatic heterocycles. The molecule has 166 valence electrons. The van der Waals surface area contributed by atoms with Gasteiger partial charge in [-0.1, -0.05) is 64.1 Å². The van der Waals surface area contributed by atoms with Gasteiger partial charge in [0.05, 0.1) is 10.4 Å². The predicted molar refractivity (Wildman–Crippen MR) is 145 cm³/mol. The minimum Gasteiger partial charge on any atom is -0.255 e. The minimum atomic E-state index is 0.209. The maximum atomic E-state index is 4.95. The van der Waals surface area contributed by atoms with Crippen LogP contribution in [0.15, 0.2) is 54.7 Å². The average molecular weight is 450 g/mol. The molecule has 1 aliphatic rings. The molecule has 0 fully saturated rings. The summed E-state index contributed by atoms with van der Waals surface area (Å²) in [5, 5.41) is 5.38. The summed E-state index contributed by atoms with van der Waals surface area (Å²) in [6.45, 7) is 14.3. The minimum absolute atomic E-state index is 0.209. The van der Waals surface area contributed by atoms with Gasteiger partial charge in [-0.25, -0.2) is 0 Å². The molecule has 0 unspecified atom stereocenters. The number of aromatic nitrogens is 1. The molecule has 0 spiro atoms. The number of pyridine rings is 1. The van der Waals surface area contributed by atoms with Gasteiger partial charge in [0.15, 0.2) is 0 Å². The van der Waals surface area contributed by atoms with Gasteiger partial charge in [-0.05, 0) is 82.7 Å². The Kier molecular flexibility index (Phi) is 4.36. The van der Waals surface area contributed by atoms with Crippen LogP contribution in [0, 0.1) is 13.8 Å². The highest BCUT2D eigenvalue weighted by atomic mass is 32.1. The van der Waals surface area contributed by atoms with E-state index in [4.69, 9.17) is 4.98 Å². The lowest BCUT2D eigenvalue weighted by atomic mass is 9.62. The van der Waals surface area contributed by atoms with Gasteiger partial charge in [0, 0.05) is 27.2 Å². The first-order valence-electron chi connectivity index (χ1n) is 12.0. The zero-order valence-corrected chi connectivity index (χ0v) is 21.3. The van der Waals surface area contributed by atoms with Crippen molar-refractivity contribution in [1.82, 2.24) is 4.98 Å². The van der Waals surface area contributed by atoms with Gasteiger partial charge in [0.25, 0.3) is 0 Å². The van der Waals surface area contributed by atoms with E-state index in [2.05, 4.69) is 90.1 Å². The zero-order valence-electron chi connectivity index (χ0n) is 20.5. The van der Waals surface area contributed by atoms with Crippen molar-refractivity contribution in [3.8, 4) is 11.3 Å². The molecule has 0 radical (unpaired) electrons. The average Bonchev–Trinajstić information content (AvgIpc) is 3.17. The Bertz CT molecular complexity index is 1580. The number of thiophene rings is 1. The van der Waals surface area contributed by atoms with Gasteiger partial charge < -0.3 is 0 Å². The van der Waals surface area contributed by atoms with Gasteiger partial charge >= 0.3 is 0 Å². The van der Waals surface area contributed by atoms with Gasteiger partial charge in [0.2, 0.25) is 0 Å². The molecule has 2 aromatic heterocycles. The summed E-state index contributed by atoms with van der Waals surface area (Å²) in [7, 11) is 0. The van der Waals surface area contributed by atoms with Crippen molar-refractivity contribution >= 4 is 42.3 Å². The van der Waals surface area contributed by atoms with E-state index in [-0.39, 0.29) is 10.8 Å². The normalized spacial score (nSPS) is 17.0. The van der Waals surface area contributed by atoms with E-state index in [1.807, 2.05) is 17.5 Å². The van der Waals surface area contributed by atoms with Gasteiger partial charge in [-0.2, -0.15) is 0 Å². The second-order valence-corrected chi connectivity index (χ2v) is 12.2. The highest BCUT2D eigenvalue weighted by molar-refractivity contribution is 7.26. The lowest BCUT2D eigenvalue weighted by Gasteiger charge is -2.43. The van der Waals surface area contributed by atoms with Crippen molar-refractivity contribution in [2.75, 3.05) is 0 Å². The van der Waals surface area contributed by atoms with E-state index in [1.54, 1.807) is 11.1 Å². The molecule has 1 nitrogen and oxygen atoms in total. The Hall–Kier alpha value is -2.71. The molecule has 5 aromatic rings. The Morgan fingerprint density at radius 1 is 0.818 bits per heavy atom. The van der Waals surface area contributed by atoms with Crippen LogP contribution in [0.1, 0.15) is 62.8 Å². The van der Waals surface area contributed by atoms with E-state index >= 15 is 0 Å². The fourth-order valence-electron chi connectivity index (χ4n) is 6.20. The number of nitrogens with zero attached hydrogens (tertiary/aromatic N) is 1. The maximum absolute atomic E-state index is 4.95. The van der Waals surface area contributed by atoms with Crippen molar-refractivity contribution in [2.45, 2.75) is 65.2 Å². The van der Waals surface area contributed by atoms with Crippen LogP contribution in [0.5, 0.6) is 0 Å². The van der Waals surface area contributed by atoms with E-state index in [1.165, 1.54) is 60.5 Å². The highest BCUT2D eigenvalue weighted by Crippen LogP contribution is 2.51. The zero-order chi connectivity index (χ0) is 23.1. The van der Waals surface area contributed by atoms with Crippen LogP contribution in [0.25, 0.3) is 42.2 Å². The smallest absolute Gasteiger partial charge is 0.0886 e. The van der Waals surface area contributed by atoms with Crippen LogP contribution in [-0.2, 0) is 10.8 Å². The van der Waals surface area contributed by atoms with Crippen molar-refractivity contribution in [3.63, 3.8) is 0 Å². The fourth-order valence-corrected chi connectivity index (χ4v) is 7.50. The first-order valence-corrected chi connectivity index (χ1v) is 12.9. The van der Waals surface area contributed by atoms with Gasteiger partial charge in [-0.15, -0.1) is 11.3 Å². The second-order valence-electron chi connectivity index (χ2n) is 11.2. The van der Waals surface area contributed by atoms with E-state index in [9.17, 15) is 0 Å². The molecule has 0 amide bonds. The first-order chi connectivity index (χ1) is 15.7. The van der Waals surface area contributed by atoms with Crippen LogP contribution >= 0.6 is 11.3 Å². The summed E-state index contributed by atoms with van der Waals surface area (Å²) in [4.78, 5) is 4.95. The molecule has 6 rings (SSSR count). The molecule has 0 atom stereocenters. The third kappa shape index (κ3) is 2.93. The number of benzene rings is 3. The monoisotopic (exact) mass is 449 g/mol. The van der Waals surface area contributed by atoms with Crippen molar-refractivity contribution < 1.29 is 0 Å². The molecule has 3 aromatic carbocycles. The van der Waals surface area contributed by atoms with Crippen LogP contribution in [0.2, 0.25) is 0 Å². The van der Waals surface area contributed by atoms with Crippen LogP contribution < -0.4 is 0 Å². The van der Waals surface area contributed by atoms with Gasteiger partial charge in [-0.3, -0.25) is 4.98 Å². The molecule has 0 bridgehead atoms. The molecule has 0 saturated carbocycles. The Balaban J connectivity index is 1.72. The van der Waals surface area contributed by atoms with E-state index in [0.717, 1.165) is 5.69 Å². The standard InChI is InChI=1S/C31H31NS/c1-18-11-12-22(21-10-8-7-9-20(18)21)28-29-23(13-16-32-28)26-19(2)27-24(17-25(26)33-29)30(3,4)14-15-31(27,5)6/h7-13,16-17H,14-15H2,1-6H3. The molecule has 2 heteroatoms. The molecule has 0 saturated heterocycles. The van der Waals surface area contributed by atoms with Crippen molar-refractivity contribution in [2.24, 2.45) is 0 Å². The fraction of sp³-hybridized carbons (Fsp3) is 0.323. The van der Waals surface area contributed by atoms with Crippen molar-refractivity contribution in [1.29, 1.82) is 0 Å². The summed E-state index contributed by atoms with van der Waals surface area (Å²) >= 11 is 1.92.